The minimum absolute atomic E-state index is 0.0429. The molecule has 1 saturated carbocycles. The molecule has 1 amide bonds. The van der Waals surface area contributed by atoms with E-state index in [4.69, 9.17) is 4.74 Å². The molecule has 41 heavy (non-hydrogen) atoms. The molecule has 1 fully saturated rings. The summed E-state index contributed by atoms with van der Waals surface area (Å²) in [5.41, 5.74) is 1.11. The highest BCUT2D eigenvalue weighted by atomic mass is 17.0. The van der Waals surface area contributed by atoms with Crippen LogP contribution in [-0.4, -0.2) is 58.1 Å². The van der Waals surface area contributed by atoms with Crippen LogP contribution < -0.4 is 5.32 Å². The van der Waals surface area contributed by atoms with Crippen LogP contribution in [0, 0.1) is 22.0 Å². The Hall–Kier alpha value is -3.24. The summed E-state index contributed by atoms with van der Waals surface area (Å²) < 4.78 is 5.76. The number of hydrogen-bond donors (Lipinski definition) is 3. The molecule has 0 radical (unpaired) electrons. The number of amides is 1. The van der Waals surface area contributed by atoms with Gasteiger partial charge in [0.25, 0.3) is 5.09 Å². The number of aryl methyl sites for hydroxylation is 1. The zero-order chi connectivity index (χ0) is 30.0. The second-order valence-corrected chi connectivity index (χ2v) is 10.6. The Morgan fingerprint density at radius 1 is 1.12 bits per heavy atom. The number of esters is 1. The number of nitrogens with one attached hydrogen (secondary N) is 1. The van der Waals surface area contributed by atoms with Gasteiger partial charge >= 0.3 is 5.97 Å². The lowest BCUT2D eigenvalue weighted by molar-refractivity contribution is -0.767. The number of carbonyl (C=O) groups excluding carboxylic acids is 2. The first-order valence-electron chi connectivity index (χ1n) is 14.7. The molecule has 1 aliphatic carbocycles. The number of aliphatic hydroxyl groups excluding tert-OH is 2. The molecule has 6 atom stereocenters. The topological polar surface area (TPSA) is 148 Å². The number of unbranched alkanes of at least 4 members (excludes halogenated alkanes) is 1. The number of aliphatic hydroxyl groups is 2. The maximum Gasteiger partial charge on any atom is 0.306 e. The summed E-state index contributed by atoms with van der Waals surface area (Å²) in [4.78, 5) is 39.1. The standard InChI is InChI=1S/C31H46N2O8/c1-3-32-30(36)16-10-5-4-9-15-26-27(29(35)22-28(26)34)21-20-25(19-18-24-13-7-6-8-14-24)40-31(37)17-11-12-23(2)41-33(38)39/h4,6-9,13-14,20-21,23,25-29,34-35H,3,5,10-12,15-19,22H2,1-2H3,(H,32,36)/t23-,25+,26-,27-,28+,29-/m1/s1. The van der Waals surface area contributed by atoms with Crippen LogP contribution in [0.4, 0.5) is 0 Å². The third-order valence-electron chi connectivity index (χ3n) is 7.29. The molecule has 0 aromatic heterocycles. The van der Waals surface area contributed by atoms with Gasteiger partial charge < -0.3 is 25.1 Å². The maximum atomic E-state index is 12.6. The van der Waals surface area contributed by atoms with Gasteiger partial charge in [-0.05, 0) is 76.4 Å². The summed E-state index contributed by atoms with van der Waals surface area (Å²) in [6.45, 7) is 4.10. The van der Waals surface area contributed by atoms with Crippen molar-refractivity contribution < 1.29 is 34.5 Å². The van der Waals surface area contributed by atoms with Crippen LogP contribution in [0.1, 0.15) is 77.2 Å². The van der Waals surface area contributed by atoms with Crippen LogP contribution >= 0.6 is 0 Å². The largest absolute Gasteiger partial charge is 0.458 e. The van der Waals surface area contributed by atoms with Crippen molar-refractivity contribution in [3.8, 4) is 0 Å². The third kappa shape index (κ3) is 13.8. The second kappa shape index (κ2) is 19.0. The minimum atomic E-state index is -0.834. The fourth-order valence-electron chi connectivity index (χ4n) is 5.11. The first-order chi connectivity index (χ1) is 19.7. The number of carbonyl (C=O) groups is 2. The summed E-state index contributed by atoms with van der Waals surface area (Å²) in [5.74, 6) is -0.820. The summed E-state index contributed by atoms with van der Waals surface area (Å²) in [7, 11) is 0. The second-order valence-electron chi connectivity index (χ2n) is 10.6. The van der Waals surface area contributed by atoms with Gasteiger partial charge in [0, 0.05) is 31.7 Å². The molecule has 1 aliphatic rings. The normalized spacial score (nSPS) is 22.0. The predicted octanol–water partition coefficient (Wildman–Crippen LogP) is 4.46. The van der Waals surface area contributed by atoms with E-state index in [2.05, 4.69) is 10.2 Å². The van der Waals surface area contributed by atoms with Crippen LogP contribution in [0.25, 0.3) is 0 Å². The molecule has 1 aromatic carbocycles. The van der Waals surface area contributed by atoms with Gasteiger partial charge in [-0.25, -0.2) is 0 Å². The Kier molecular flexibility index (Phi) is 15.7. The van der Waals surface area contributed by atoms with Gasteiger partial charge in [-0.3, -0.25) is 9.59 Å². The van der Waals surface area contributed by atoms with Crippen molar-refractivity contribution in [1.29, 1.82) is 0 Å². The van der Waals surface area contributed by atoms with Gasteiger partial charge in [-0.2, -0.15) is 0 Å². The number of allylic oxidation sites excluding steroid dienone is 2. The van der Waals surface area contributed by atoms with Gasteiger partial charge in [0.1, 0.15) is 12.2 Å². The van der Waals surface area contributed by atoms with Crippen molar-refractivity contribution in [2.24, 2.45) is 11.8 Å². The third-order valence-corrected chi connectivity index (χ3v) is 7.29. The molecule has 3 N–H and O–H groups in total. The molecule has 0 bridgehead atoms. The molecule has 0 heterocycles. The van der Waals surface area contributed by atoms with Gasteiger partial charge in [-0.1, -0.05) is 48.6 Å². The van der Waals surface area contributed by atoms with E-state index >= 15 is 0 Å². The number of nitrogens with zero attached hydrogens (tertiary/aromatic N) is 1. The maximum absolute atomic E-state index is 12.6. The zero-order valence-electron chi connectivity index (χ0n) is 24.2. The molecular weight excluding hydrogens is 528 g/mol. The Labute approximate surface area is 242 Å². The van der Waals surface area contributed by atoms with Crippen molar-refractivity contribution in [1.82, 2.24) is 5.32 Å². The van der Waals surface area contributed by atoms with Gasteiger partial charge in [0.15, 0.2) is 0 Å². The Morgan fingerprint density at radius 3 is 2.59 bits per heavy atom. The Bertz CT molecular complexity index is 984. The summed E-state index contributed by atoms with van der Waals surface area (Å²) >= 11 is 0. The van der Waals surface area contributed by atoms with Crippen LogP contribution in [0.2, 0.25) is 0 Å². The molecule has 1 aromatic rings. The monoisotopic (exact) mass is 574 g/mol. The Balaban J connectivity index is 1.97. The fourth-order valence-corrected chi connectivity index (χ4v) is 5.11. The van der Waals surface area contributed by atoms with Crippen molar-refractivity contribution >= 4 is 11.9 Å². The van der Waals surface area contributed by atoms with Gasteiger partial charge in [0.2, 0.25) is 5.91 Å². The van der Waals surface area contributed by atoms with E-state index in [-0.39, 0.29) is 30.6 Å². The van der Waals surface area contributed by atoms with E-state index < -0.39 is 35.5 Å². The summed E-state index contributed by atoms with van der Waals surface area (Å²) in [6.07, 6.45) is 10.2. The van der Waals surface area contributed by atoms with E-state index in [0.29, 0.717) is 45.1 Å². The lowest BCUT2D eigenvalue weighted by atomic mass is 9.89. The molecular formula is C31H46N2O8. The average Bonchev–Trinajstić information content (AvgIpc) is 3.19. The molecule has 10 nitrogen and oxygen atoms in total. The van der Waals surface area contributed by atoms with Crippen LogP contribution in [0.5, 0.6) is 0 Å². The molecule has 10 heteroatoms. The predicted molar refractivity (Wildman–Crippen MR) is 155 cm³/mol. The average molecular weight is 575 g/mol. The van der Waals surface area contributed by atoms with E-state index in [1.54, 1.807) is 6.92 Å². The quantitative estimate of drug-likeness (QED) is 0.0721. The van der Waals surface area contributed by atoms with Crippen molar-refractivity contribution in [2.75, 3.05) is 6.54 Å². The molecule has 2 rings (SSSR count). The highest BCUT2D eigenvalue weighted by Crippen LogP contribution is 2.36. The summed E-state index contributed by atoms with van der Waals surface area (Å²) in [6, 6.07) is 9.86. The van der Waals surface area contributed by atoms with Crippen LogP contribution in [-0.2, 0) is 25.6 Å². The summed E-state index contributed by atoms with van der Waals surface area (Å²) in [5, 5.41) is 33.7. The van der Waals surface area contributed by atoms with Crippen LogP contribution in [0.3, 0.4) is 0 Å². The van der Waals surface area contributed by atoms with Crippen LogP contribution in [0.15, 0.2) is 54.6 Å². The van der Waals surface area contributed by atoms with E-state index in [1.807, 2.05) is 61.6 Å². The minimum Gasteiger partial charge on any atom is -0.458 e. The van der Waals surface area contributed by atoms with Gasteiger partial charge in [-0.15, -0.1) is 10.1 Å². The number of ether oxygens (including phenoxy) is 1. The highest BCUT2D eigenvalue weighted by Gasteiger charge is 2.39. The first kappa shape index (κ1) is 34.0. The van der Waals surface area contributed by atoms with E-state index in [9.17, 15) is 29.9 Å². The smallest absolute Gasteiger partial charge is 0.306 e. The number of hydrogen-bond acceptors (Lipinski definition) is 8. The molecule has 0 spiro atoms. The number of benzene rings is 1. The number of rotatable bonds is 19. The van der Waals surface area contributed by atoms with Crippen molar-refractivity contribution in [3.05, 3.63) is 70.3 Å². The lowest BCUT2D eigenvalue weighted by Crippen LogP contribution is -2.22. The fraction of sp³-hybridized carbons (Fsp3) is 0.613. The van der Waals surface area contributed by atoms with E-state index in [0.717, 1.165) is 18.4 Å². The molecule has 0 unspecified atom stereocenters. The molecule has 0 aliphatic heterocycles. The van der Waals surface area contributed by atoms with Crippen molar-refractivity contribution in [2.45, 2.75) is 102 Å². The van der Waals surface area contributed by atoms with Gasteiger partial charge in [0.05, 0.1) is 12.2 Å². The lowest BCUT2D eigenvalue weighted by Gasteiger charge is -2.21. The molecule has 228 valence electrons. The Morgan fingerprint density at radius 2 is 1.88 bits per heavy atom. The molecule has 0 saturated heterocycles. The van der Waals surface area contributed by atoms with E-state index in [1.165, 1.54) is 0 Å². The SMILES string of the molecule is CCNC(=O)CCCC=CC[C@@H]1[C@@H](C=C[C@H](CCc2ccccc2)OC(=O)CCC[C@@H](C)O[N+](=O)[O-])[C@H](O)C[C@@H]1O. The zero-order valence-corrected chi connectivity index (χ0v) is 24.2. The van der Waals surface area contributed by atoms with Crippen molar-refractivity contribution in [3.63, 3.8) is 0 Å². The first-order valence-corrected chi connectivity index (χ1v) is 14.7. The highest BCUT2D eigenvalue weighted by molar-refractivity contribution is 5.75.